The van der Waals surface area contributed by atoms with E-state index >= 15 is 0 Å². The predicted molar refractivity (Wildman–Crippen MR) is 73.3 cm³/mol. The van der Waals surface area contributed by atoms with Crippen LogP contribution in [0.25, 0.3) is 0 Å². The van der Waals surface area contributed by atoms with Gasteiger partial charge in [0.05, 0.1) is 29.2 Å². The van der Waals surface area contributed by atoms with Gasteiger partial charge in [-0.25, -0.2) is 8.42 Å². The zero-order valence-corrected chi connectivity index (χ0v) is 12.0. The molecular formula is C12H14F3N3O2S. The Labute approximate surface area is 120 Å². The van der Waals surface area contributed by atoms with Gasteiger partial charge in [0.1, 0.15) is 5.84 Å². The SMILES string of the molecule is CS(=O)(=O)c1ccc(C(F)(F)F)cc1NCC1=NCCN1. The maximum Gasteiger partial charge on any atom is 0.416 e. The predicted octanol–water partition coefficient (Wildman–Crippen LogP) is 1.52. The van der Waals surface area contributed by atoms with Crippen molar-refractivity contribution in [2.24, 2.45) is 4.99 Å². The smallest absolute Gasteiger partial charge is 0.377 e. The van der Waals surface area contributed by atoms with E-state index in [9.17, 15) is 21.6 Å². The lowest BCUT2D eigenvalue weighted by molar-refractivity contribution is -0.137. The van der Waals surface area contributed by atoms with E-state index in [0.29, 0.717) is 18.9 Å². The highest BCUT2D eigenvalue weighted by atomic mass is 32.2. The van der Waals surface area contributed by atoms with Gasteiger partial charge in [-0.15, -0.1) is 0 Å². The molecule has 0 aliphatic carbocycles. The van der Waals surface area contributed by atoms with Crippen molar-refractivity contribution in [3.8, 4) is 0 Å². The van der Waals surface area contributed by atoms with Crippen LogP contribution in [0.3, 0.4) is 0 Å². The lowest BCUT2D eigenvalue weighted by Crippen LogP contribution is -2.26. The third-order valence-electron chi connectivity index (χ3n) is 2.90. The van der Waals surface area contributed by atoms with E-state index in [-0.39, 0.29) is 17.1 Å². The third kappa shape index (κ3) is 3.87. The molecule has 1 aliphatic rings. The summed E-state index contributed by atoms with van der Waals surface area (Å²) < 4.78 is 61.5. The molecule has 116 valence electrons. The second-order valence-electron chi connectivity index (χ2n) is 4.59. The number of sulfone groups is 1. The van der Waals surface area contributed by atoms with E-state index in [1.165, 1.54) is 0 Å². The topological polar surface area (TPSA) is 70.6 Å². The molecular weight excluding hydrogens is 307 g/mol. The number of hydrogen-bond acceptors (Lipinski definition) is 5. The highest BCUT2D eigenvalue weighted by molar-refractivity contribution is 7.90. The summed E-state index contributed by atoms with van der Waals surface area (Å²) in [7, 11) is -3.63. The largest absolute Gasteiger partial charge is 0.416 e. The van der Waals surface area contributed by atoms with Crippen LogP contribution in [-0.4, -0.2) is 40.1 Å². The van der Waals surface area contributed by atoms with E-state index in [2.05, 4.69) is 15.6 Å². The van der Waals surface area contributed by atoms with Gasteiger partial charge in [0.2, 0.25) is 0 Å². The molecule has 0 saturated heterocycles. The number of amidine groups is 1. The highest BCUT2D eigenvalue weighted by Crippen LogP contribution is 2.33. The Morgan fingerprint density at radius 2 is 2.10 bits per heavy atom. The summed E-state index contributed by atoms with van der Waals surface area (Å²) in [6, 6.07) is 2.52. The van der Waals surface area contributed by atoms with Crippen LogP contribution in [0.2, 0.25) is 0 Å². The van der Waals surface area contributed by atoms with Gasteiger partial charge >= 0.3 is 6.18 Å². The van der Waals surface area contributed by atoms with Gasteiger partial charge in [-0.2, -0.15) is 13.2 Å². The van der Waals surface area contributed by atoms with E-state index in [0.717, 1.165) is 24.5 Å². The van der Waals surface area contributed by atoms with Gasteiger partial charge < -0.3 is 10.6 Å². The Morgan fingerprint density at radius 1 is 1.38 bits per heavy atom. The third-order valence-corrected chi connectivity index (χ3v) is 4.05. The molecule has 5 nitrogen and oxygen atoms in total. The van der Waals surface area contributed by atoms with Gasteiger partial charge in [-0.3, -0.25) is 4.99 Å². The first-order valence-electron chi connectivity index (χ1n) is 6.10. The number of hydrogen-bond donors (Lipinski definition) is 2. The number of benzene rings is 1. The number of nitrogens with one attached hydrogen (secondary N) is 2. The van der Waals surface area contributed by atoms with E-state index < -0.39 is 21.6 Å². The summed E-state index contributed by atoms with van der Waals surface area (Å²) in [5.74, 6) is 0.590. The molecule has 0 atom stereocenters. The van der Waals surface area contributed by atoms with Crippen LogP contribution in [0.5, 0.6) is 0 Å². The average Bonchev–Trinajstić information content (AvgIpc) is 2.86. The Balaban J connectivity index is 2.34. The summed E-state index contributed by atoms with van der Waals surface area (Å²) in [6.07, 6.45) is -3.58. The Hall–Kier alpha value is -1.77. The lowest BCUT2D eigenvalue weighted by atomic mass is 10.2. The van der Waals surface area contributed by atoms with Crippen molar-refractivity contribution in [2.45, 2.75) is 11.1 Å². The molecule has 2 N–H and O–H groups in total. The zero-order valence-electron chi connectivity index (χ0n) is 11.2. The summed E-state index contributed by atoms with van der Waals surface area (Å²) in [5.41, 5.74) is -0.984. The molecule has 1 aromatic carbocycles. The standard InChI is InChI=1S/C12H14F3N3O2S/c1-21(19,20)10-3-2-8(12(13,14)15)6-9(10)18-7-11-16-4-5-17-11/h2-3,6,18H,4-5,7H2,1H3,(H,16,17). The second-order valence-corrected chi connectivity index (χ2v) is 6.57. The first kappa shape index (κ1) is 15.6. The number of rotatable bonds is 4. The molecule has 9 heteroatoms. The van der Waals surface area contributed by atoms with E-state index in [4.69, 9.17) is 0 Å². The zero-order chi connectivity index (χ0) is 15.7. The molecule has 21 heavy (non-hydrogen) atoms. The molecule has 0 unspecified atom stereocenters. The van der Waals surface area contributed by atoms with Crippen LogP contribution in [0.4, 0.5) is 18.9 Å². The van der Waals surface area contributed by atoms with Crippen molar-refractivity contribution in [2.75, 3.05) is 31.2 Å². The Morgan fingerprint density at radius 3 is 2.62 bits per heavy atom. The Bertz CT molecular complexity index is 669. The van der Waals surface area contributed by atoms with Crippen LogP contribution in [0.1, 0.15) is 5.56 Å². The van der Waals surface area contributed by atoms with Crippen molar-refractivity contribution in [3.63, 3.8) is 0 Å². The lowest BCUT2D eigenvalue weighted by Gasteiger charge is -2.14. The van der Waals surface area contributed by atoms with Crippen molar-refractivity contribution >= 4 is 21.4 Å². The molecule has 1 aromatic rings. The van der Waals surface area contributed by atoms with Crippen LogP contribution in [0.15, 0.2) is 28.1 Å². The van der Waals surface area contributed by atoms with Gasteiger partial charge in [0.25, 0.3) is 0 Å². The van der Waals surface area contributed by atoms with E-state index in [1.54, 1.807) is 0 Å². The molecule has 0 saturated carbocycles. The average molecular weight is 321 g/mol. The maximum atomic E-state index is 12.7. The second kappa shape index (κ2) is 5.55. The van der Waals surface area contributed by atoms with Crippen LogP contribution >= 0.6 is 0 Å². The van der Waals surface area contributed by atoms with Crippen molar-refractivity contribution in [1.82, 2.24) is 5.32 Å². The number of halogens is 3. The number of anilines is 1. The molecule has 0 bridgehead atoms. The number of aliphatic imine (C=N–C) groups is 1. The fourth-order valence-electron chi connectivity index (χ4n) is 1.91. The van der Waals surface area contributed by atoms with Crippen molar-refractivity contribution in [3.05, 3.63) is 23.8 Å². The maximum absolute atomic E-state index is 12.7. The fraction of sp³-hybridized carbons (Fsp3) is 0.417. The normalized spacial score (nSPS) is 15.5. The quantitative estimate of drug-likeness (QED) is 0.882. The summed E-state index contributed by atoms with van der Waals surface area (Å²) in [6.45, 7) is 1.40. The molecule has 1 heterocycles. The summed E-state index contributed by atoms with van der Waals surface area (Å²) in [5, 5.41) is 5.65. The molecule has 0 amide bonds. The highest BCUT2D eigenvalue weighted by Gasteiger charge is 2.31. The van der Waals surface area contributed by atoms with Crippen molar-refractivity contribution in [1.29, 1.82) is 0 Å². The fourth-order valence-corrected chi connectivity index (χ4v) is 2.76. The van der Waals surface area contributed by atoms with Crippen LogP contribution in [0, 0.1) is 0 Å². The first-order chi connectivity index (χ1) is 9.68. The van der Waals surface area contributed by atoms with Crippen LogP contribution in [-0.2, 0) is 16.0 Å². The summed E-state index contributed by atoms with van der Waals surface area (Å²) in [4.78, 5) is 3.91. The van der Waals surface area contributed by atoms with Gasteiger partial charge in [-0.1, -0.05) is 0 Å². The first-order valence-corrected chi connectivity index (χ1v) is 7.99. The van der Waals surface area contributed by atoms with Crippen LogP contribution < -0.4 is 10.6 Å². The molecule has 0 spiro atoms. The van der Waals surface area contributed by atoms with E-state index in [1.807, 2.05) is 0 Å². The van der Waals surface area contributed by atoms with Crippen molar-refractivity contribution < 1.29 is 21.6 Å². The van der Waals surface area contributed by atoms with Gasteiger partial charge in [-0.05, 0) is 18.2 Å². The molecule has 1 aliphatic heterocycles. The van der Waals surface area contributed by atoms with Gasteiger partial charge in [0, 0.05) is 12.8 Å². The molecule has 0 fully saturated rings. The number of alkyl halides is 3. The summed E-state index contributed by atoms with van der Waals surface area (Å²) >= 11 is 0. The minimum atomic E-state index is -4.53. The molecule has 2 rings (SSSR count). The van der Waals surface area contributed by atoms with Gasteiger partial charge in [0.15, 0.2) is 9.84 Å². The Kier molecular flexibility index (Phi) is 4.13. The monoisotopic (exact) mass is 321 g/mol. The number of nitrogens with zero attached hydrogens (tertiary/aromatic N) is 1. The minimum absolute atomic E-state index is 0.0799. The molecule has 0 aromatic heterocycles. The minimum Gasteiger partial charge on any atom is -0.377 e. The molecule has 0 radical (unpaired) electrons.